The first kappa shape index (κ1) is 24.2. The first-order valence-corrected chi connectivity index (χ1v) is 9.91. The van der Waals surface area contributed by atoms with Crippen molar-refractivity contribution in [2.45, 2.75) is 13.0 Å². The number of halogens is 2. The Balaban J connectivity index is 0.00000320. The van der Waals surface area contributed by atoms with Gasteiger partial charge in [-0.25, -0.2) is 4.39 Å². The van der Waals surface area contributed by atoms with E-state index >= 15 is 0 Å². The van der Waals surface area contributed by atoms with Crippen LogP contribution in [0, 0.1) is 5.82 Å². The van der Waals surface area contributed by atoms with E-state index in [9.17, 15) is 4.39 Å². The first-order chi connectivity index (χ1) is 14.2. The maximum atomic E-state index is 13.9. The van der Waals surface area contributed by atoms with Crippen LogP contribution >= 0.6 is 24.0 Å². The summed E-state index contributed by atoms with van der Waals surface area (Å²) in [6.45, 7) is 9.34. The Labute approximate surface area is 194 Å². The number of aliphatic imine (C=N–C) groups is 1. The summed E-state index contributed by atoms with van der Waals surface area (Å²) < 4.78 is 24.3. The molecule has 164 valence electrons. The Morgan fingerprint density at radius 3 is 2.73 bits per heavy atom. The quantitative estimate of drug-likeness (QED) is 0.246. The van der Waals surface area contributed by atoms with Gasteiger partial charge in [0.25, 0.3) is 0 Å². The molecule has 1 fully saturated rings. The predicted molar refractivity (Wildman–Crippen MR) is 128 cm³/mol. The topological polar surface area (TPSA) is 53.2 Å². The molecule has 3 rings (SSSR count). The van der Waals surface area contributed by atoms with Gasteiger partial charge in [0.15, 0.2) is 17.5 Å². The molecule has 1 saturated heterocycles. The van der Waals surface area contributed by atoms with Gasteiger partial charge in [-0.1, -0.05) is 12.1 Å². The third kappa shape index (κ3) is 7.02. The van der Waals surface area contributed by atoms with E-state index in [2.05, 4.69) is 21.7 Å². The molecule has 0 amide bonds. The number of nitrogens with one attached hydrogen (secondary N) is 1. The van der Waals surface area contributed by atoms with Crippen LogP contribution in [0.5, 0.6) is 5.75 Å². The van der Waals surface area contributed by atoms with Gasteiger partial charge in [0.05, 0.1) is 13.4 Å². The van der Waals surface area contributed by atoms with Crippen molar-refractivity contribution >= 4 is 29.9 Å². The van der Waals surface area contributed by atoms with Gasteiger partial charge in [-0.05, 0) is 29.8 Å². The molecule has 1 aromatic heterocycles. The number of hydrogen-bond acceptors (Lipinski definition) is 4. The fourth-order valence-corrected chi connectivity index (χ4v) is 3.34. The summed E-state index contributed by atoms with van der Waals surface area (Å²) in [5.74, 6) is 1.80. The zero-order valence-electron chi connectivity index (χ0n) is 17.3. The lowest BCUT2D eigenvalue weighted by Gasteiger charge is -2.36. The zero-order chi connectivity index (χ0) is 20.5. The monoisotopic (exact) mass is 528 g/mol. The molecule has 1 aliphatic rings. The van der Waals surface area contributed by atoms with Crippen LogP contribution in [0.25, 0.3) is 0 Å². The average Bonchev–Trinajstić information content (AvgIpc) is 3.25. The SMILES string of the molecule is C=CCNC(=NCCc1ccco1)N1CCN(Cc2ccc(OC)c(F)c2)CC1.I. The summed E-state index contributed by atoms with van der Waals surface area (Å²) in [6.07, 6.45) is 4.29. The molecule has 1 N–H and O–H groups in total. The Bertz CT molecular complexity index is 805. The highest BCUT2D eigenvalue weighted by atomic mass is 127. The predicted octanol–water partition coefficient (Wildman–Crippen LogP) is 3.54. The highest BCUT2D eigenvalue weighted by molar-refractivity contribution is 14.0. The van der Waals surface area contributed by atoms with E-state index in [1.54, 1.807) is 18.4 Å². The largest absolute Gasteiger partial charge is 0.494 e. The molecule has 0 spiro atoms. The Hall–Kier alpha value is -2.07. The fourth-order valence-electron chi connectivity index (χ4n) is 3.34. The smallest absolute Gasteiger partial charge is 0.194 e. The lowest BCUT2D eigenvalue weighted by atomic mass is 10.2. The second kappa shape index (κ2) is 12.6. The van der Waals surface area contributed by atoms with Crippen molar-refractivity contribution in [2.24, 2.45) is 4.99 Å². The van der Waals surface area contributed by atoms with Gasteiger partial charge in [0.1, 0.15) is 5.76 Å². The number of rotatable bonds is 8. The molecule has 0 unspecified atom stereocenters. The van der Waals surface area contributed by atoms with E-state index in [4.69, 9.17) is 14.1 Å². The number of methoxy groups -OCH3 is 1. The van der Waals surface area contributed by atoms with Gasteiger partial charge in [0, 0.05) is 52.2 Å². The van der Waals surface area contributed by atoms with Gasteiger partial charge in [-0.3, -0.25) is 9.89 Å². The number of furan rings is 1. The maximum Gasteiger partial charge on any atom is 0.194 e. The molecule has 6 nitrogen and oxygen atoms in total. The summed E-state index contributed by atoms with van der Waals surface area (Å²) >= 11 is 0. The number of hydrogen-bond donors (Lipinski definition) is 1. The summed E-state index contributed by atoms with van der Waals surface area (Å²) in [4.78, 5) is 9.33. The van der Waals surface area contributed by atoms with Crippen LogP contribution in [-0.2, 0) is 13.0 Å². The van der Waals surface area contributed by atoms with E-state index < -0.39 is 0 Å². The third-order valence-corrected chi connectivity index (χ3v) is 4.90. The van der Waals surface area contributed by atoms with Gasteiger partial charge in [-0.2, -0.15) is 0 Å². The van der Waals surface area contributed by atoms with Crippen molar-refractivity contribution in [3.63, 3.8) is 0 Å². The van der Waals surface area contributed by atoms with Gasteiger partial charge >= 0.3 is 0 Å². The first-order valence-electron chi connectivity index (χ1n) is 9.91. The Morgan fingerprint density at radius 1 is 1.30 bits per heavy atom. The number of benzene rings is 1. The Kier molecular flexibility index (Phi) is 10.2. The standard InChI is InChI=1S/C22H29FN4O2.HI/c1-3-9-24-22(25-10-8-19-5-4-15-29-19)27-13-11-26(12-14-27)17-18-6-7-21(28-2)20(23)16-18;/h3-7,15-16H,1,8-14,17H2,2H3,(H,24,25);1H. The minimum atomic E-state index is -0.316. The third-order valence-electron chi connectivity index (χ3n) is 4.90. The Morgan fingerprint density at radius 2 is 2.10 bits per heavy atom. The number of guanidine groups is 1. The molecule has 0 saturated carbocycles. The van der Waals surface area contributed by atoms with E-state index in [0.29, 0.717) is 13.1 Å². The van der Waals surface area contributed by atoms with Crippen molar-refractivity contribution in [3.05, 3.63) is 66.4 Å². The minimum absolute atomic E-state index is 0. The van der Waals surface area contributed by atoms with Crippen molar-refractivity contribution in [3.8, 4) is 5.75 Å². The molecular formula is C22H30FIN4O2. The fraction of sp³-hybridized carbons (Fsp3) is 0.409. The molecule has 0 bridgehead atoms. The lowest BCUT2D eigenvalue weighted by molar-refractivity contribution is 0.172. The van der Waals surface area contributed by atoms with Crippen LogP contribution in [0.3, 0.4) is 0 Å². The summed E-state index contributed by atoms with van der Waals surface area (Å²) in [6, 6.07) is 9.01. The van der Waals surface area contributed by atoms with Crippen LogP contribution in [0.15, 0.2) is 58.7 Å². The van der Waals surface area contributed by atoms with Crippen molar-refractivity contribution in [1.29, 1.82) is 0 Å². The lowest BCUT2D eigenvalue weighted by Crippen LogP contribution is -2.52. The van der Waals surface area contributed by atoms with Gasteiger partial charge in [-0.15, -0.1) is 30.6 Å². The summed E-state index contributed by atoms with van der Waals surface area (Å²) in [5.41, 5.74) is 0.953. The normalized spacial score (nSPS) is 14.9. The van der Waals surface area contributed by atoms with Gasteiger partial charge in [0.2, 0.25) is 0 Å². The molecule has 8 heteroatoms. The molecule has 0 radical (unpaired) electrons. The van der Waals surface area contributed by atoms with Crippen LogP contribution in [0.1, 0.15) is 11.3 Å². The molecule has 2 aromatic rings. The van der Waals surface area contributed by atoms with Crippen LogP contribution < -0.4 is 10.1 Å². The van der Waals surface area contributed by atoms with E-state index in [-0.39, 0.29) is 35.5 Å². The molecule has 30 heavy (non-hydrogen) atoms. The summed E-state index contributed by atoms with van der Waals surface area (Å²) in [5, 5.41) is 3.35. The number of nitrogens with zero attached hydrogens (tertiary/aromatic N) is 3. The van der Waals surface area contributed by atoms with Gasteiger partial charge < -0.3 is 19.4 Å². The van der Waals surface area contributed by atoms with Crippen LogP contribution in [0.2, 0.25) is 0 Å². The van der Waals surface area contributed by atoms with Crippen molar-refractivity contribution < 1.29 is 13.5 Å². The molecule has 2 heterocycles. The molecule has 1 aliphatic heterocycles. The average molecular weight is 528 g/mol. The molecule has 0 atom stereocenters. The highest BCUT2D eigenvalue weighted by Gasteiger charge is 2.20. The second-order valence-electron chi connectivity index (χ2n) is 6.94. The summed E-state index contributed by atoms with van der Waals surface area (Å²) in [7, 11) is 1.48. The molecule has 1 aromatic carbocycles. The van der Waals surface area contributed by atoms with Crippen molar-refractivity contribution in [2.75, 3.05) is 46.4 Å². The zero-order valence-corrected chi connectivity index (χ0v) is 19.7. The molecule has 0 aliphatic carbocycles. The van der Waals surface area contributed by atoms with E-state index in [1.807, 2.05) is 24.3 Å². The maximum absolute atomic E-state index is 13.9. The van der Waals surface area contributed by atoms with Crippen LogP contribution in [-0.4, -0.2) is 62.1 Å². The van der Waals surface area contributed by atoms with Crippen LogP contribution in [0.4, 0.5) is 4.39 Å². The van der Waals surface area contributed by atoms with E-state index in [0.717, 1.165) is 56.4 Å². The molecular weight excluding hydrogens is 498 g/mol. The van der Waals surface area contributed by atoms with E-state index in [1.165, 1.54) is 7.11 Å². The van der Waals surface area contributed by atoms with Crippen molar-refractivity contribution in [1.82, 2.24) is 15.1 Å². The highest BCUT2D eigenvalue weighted by Crippen LogP contribution is 2.19. The number of ether oxygens (including phenoxy) is 1. The second-order valence-corrected chi connectivity index (χ2v) is 6.94. The minimum Gasteiger partial charge on any atom is -0.494 e. The number of piperazine rings is 1.